The summed E-state index contributed by atoms with van der Waals surface area (Å²) in [5.74, 6) is 1.82. The van der Waals surface area contributed by atoms with Crippen LogP contribution in [0.15, 0.2) is 91.4 Å². The summed E-state index contributed by atoms with van der Waals surface area (Å²) < 4.78 is 22.8. The van der Waals surface area contributed by atoms with Crippen LogP contribution < -0.4 is 15.5 Å². The topological polar surface area (TPSA) is 214 Å². The van der Waals surface area contributed by atoms with E-state index in [4.69, 9.17) is 33.9 Å². The average Bonchev–Trinajstić information content (AvgIpc) is 4.31. The summed E-state index contributed by atoms with van der Waals surface area (Å²) in [5, 5.41) is 5.30. The lowest BCUT2D eigenvalue weighted by molar-refractivity contribution is -0.138. The van der Waals surface area contributed by atoms with Gasteiger partial charge in [-0.05, 0) is 105 Å². The number of hydrogen-bond donors (Lipinski definition) is 4. The van der Waals surface area contributed by atoms with Crippen molar-refractivity contribution in [2.45, 2.75) is 95.2 Å². The van der Waals surface area contributed by atoms with Crippen LogP contribution in [0.25, 0.3) is 50.7 Å². The Balaban J connectivity index is 0.966. The maximum atomic E-state index is 13.8. The van der Waals surface area contributed by atoms with Crippen LogP contribution in [0.1, 0.15) is 82.5 Å². The number of aromatic nitrogens is 6. The number of methoxy groups -OCH3 is 4. The third-order valence-corrected chi connectivity index (χ3v) is 14.6. The Morgan fingerprint density at radius 1 is 0.548 bits per heavy atom. The van der Waals surface area contributed by atoms with Crippen LogP contribution >= 0.6 is 0 Å². The summed E-state index contributed by atoms with van der Waals surface area (Å²) in [6.45, 7) is 6.53. The second-order valence-corrected chi connectivity index (χ2v) is 18.9. The van der Waals surface area contributed by atoms with Crippen molar-refractivity contribution >= 4 is 29.8 Å². The predicted octanol–water partition coefficient (Wildman–Crippen LogP) is 7.82. The predicted molar refractivity (Wildman–Crippen MR) is 275 cm³/mol. The molecule has 3 saturated heterocycles. The average molecular weight is 996 g/mol. The number of carbonyl (C=O) groups excluding carboxylic acids is 4. The minimum absolute atomic E-state index is 0.256. The number of imidazole rings is 2. The van der Waals surface area contributed by atoms with Gasteiger partial charge in [-0.3, -0.25) is 9.59 Å². The first kappa shape index (κ1) is 50.4. The highest BCUT2D eigenvalue weighted by atomic mass is 16.5. The van der Waals surface area contributed by atoms with Crippen molar-refractivity contribution in [3.8, 4) is 50.7 Å². The number of benzene rings is 2. The van der Waals surface area contributed by atoms with Gasteiger partial charge in [0.1, 0.15) is 29.6 Å². The zero-order chi connectivity index (χ0) is 51.2. The smallest absolute Gasteiger partial charge is 0.407 e. The van der Waals surface area contributed by atoms with E-state index < -0.39 is 36.5 Å². The number of pyridine rings is 1. The summed E-state index contributed by atoms with van der Waals surface area (Å²) in [6, 6.07) is 22.8. The Morgan fingerprint density at radius 3 is 1.41 bits per heavy atom. The zero-order valence-electron chi connectivity index (χ0n) is 42.3. The zero-order valence-corrected chi connectivity index (χ0v) is 42.3. The van der Waals surface area contributed by atoms with Gasteiger partial charge in [0.15, 0.2) is 0 Å². The first-order valence-electron chi connectivity index (χ1n) is 25.1. The molecular weight excluding hydrogens is 931 g/mol. The molecule has 0 radical (unpaired) electrons. The summed E-state index contributed by atoms with van der Waals surface area (Å²) in [4.78, 5) is 79.4. The van der Waals surface area contributed by atoms with Crippen LogP contribution in [0.3, 0.4) is 0 Å². The molecule has 4 N–H and O–H groups in total. The van der Waals surface area contributed by atoms with E-state index in [9.17, 15) is 19.2 Å². The van der Waals surface area contributed by atoms with E-state index in [0.717, 1.165) is 108 Å². The molecular formula is C54H65N11O8. The van der Waals surface area contributed by atoms with Crippen molar-refractivity contribution in [3.05, 3.63) is 103 Å². The lowest BCUT2D eigenvalue weighted by atomic mass is 10.1. The first-order valence-corrected chi connectivity index (χ1v) is 25.1. The number of nitrogens with one attached hydrogen (secondary N) is 4. The molecule has 0 bridgehead atoms. The highest BCUT2D eigenvalue weighted by Crippen LogP contribution is 2.37. The van der Waals surface area contributed by atoms with Gasteiger partial charge < -0.3 is 58.8 Å². The molecule has 384 valence electrons. The fourth-order valence-electron chi connectivity index (χ4n) is 10.3. The number of hydrogen-bond acceptors (Lipinski definition) is 12. The molecule has 9 rings (SSSR count). The number of aromatic amines is 2. The molecule has 19 nitrogen and oxygen atoms in total. The number of alkyl carbamates (subject to hydrolysis) is 2. The summed E-state index contributed by atoms with van der Waals surface area (Å²) in [6.07, 6.45) is 9.61. The third kappa shape index (κ3) is 10.7. The molecule has 6 atom stereocenters. The van der Waals surface area contributed by atoms with Crippen molar-refractivity contribution in [2.24, 2.45) is 0 Å². The Labute approximate surface area is 425 Å². The van der Waals surface area contributed by atoms with Gasteiger partial charge in [0.2, 0.25) is 11.8 Å². The van der Waals surface area contributed by atoms with Crippen LogP contribution in [0.5, 0.6) is 0 Å². The molecule has 3 fully saturated rings. The number of carbonyl (C=O) groups is 4. The molecule has 4 aromatic heterocycles. The molecule has 19 heteroatoms. The Morgan fingerprint density at radius 2 is 1.00 bits per heavy atom. The van der Waals surface area contributed by atoms with E-state index >= 15 is 0 Å². The van der Waals surface area contributed by atoms with Crippen molar-refractivity contribution in [1.82, 2.24) is 49.9 Å². The van der Waals surface area contributed by atoms with E-state index in [1.165, 1.54) is 34.9 Å². The van der Waals surface area contributed by atoms with Gasteiger partial charge in [-0.25, -0.2) is 24.5 Å². The second kappa shape index (κ2) is 22.5. The lowest BCUT2D eigenvalue weighted by Gasteiger charge is -2.30. The van der Waals surface area contributed by atoms with Crippen LogP contribution in [0.2, 0.25) is 0 Å². The molecule has 7 heterocycles. The molecule has 0 aliphatic carbocycles. The van der Waals surface area contributed by atoms with E-state index in [1.54, 1.807) is 36.0 Å². The van der Waals surface area contributed by atoms with Crippen molar-refractivity contribution in [1.29, 1.82) is 0 Å². The van der Waals surface area contributed by atoms with Gasteiger partial charge in [0.05, 0.1) is 85.6 Å². The highest BCUT2D eigenvalue weighted by Gasteiger charge is 2.40. The van der Waals surface area contributed by atoms with Gasteiger partial charge in [0, 0.05) is 40.4 Å². The van der Waals surface area contributed by atoms with Crippen molar-refractivity contribution < 1.29 is 38.1 Å². The summed E-state index contributed by atoms with van der Waals surface area (Å²) >= 11 is 0. The number of ether oxygens (including phenoxy) is 4. The van der Waals surface area contributed by atoms with Crippen LogP contribution in [0.4, 0.5) is 15.4 Å². The molecule has 0 unspecified atom stereocenters. The Bertz CT molecular complexity index is 2690. The quantitative estimate of drug-likeness (QED) is 0.0731. The maximum Gasteiger partial charge on any atom is 0.407 e. The Kier molecular flexibility index (Phi) is 15.5. The SMILES string of the molecule is COC(=O)N[C@H](C(=O)N1CCC[C@H]1c1ncc(-c2ccc(-c3ccc(-c4ccc(-c5cnc([C@@H]6CCCN6C(=O)[C@@H](NC(=O)OC)[C@@H](C)OC)[nH]5)cc4)n3-c3ccc(N4CCCCC4)nc3)cc2)[nH]1)[C@@H](C)OC. The molecule has 6 aromatic rings. The third-order valence-electron chi connectivity index (χ3n) is 14.6. The number of piperidine rings is 1. The molecule has 73 heavy (non-hydrogen) atoms. The van der Waals surface area contributed by atoms with Gasteiger partial charge in [-0.15, -0.1) is 0 Å². The number of anilines is 1. The normalized spacial score (nSPS) is 18.5. The molecule has 0 spiro atoms. The Hall–Kier alpha value is -7.51. The van der Waals surface area contributed by atoms with E-state index in [2.05, 4.69) is 103 Å². The van der Waals surface area contributed by atoms with E-state index in [-0.39, 0.29) is 23.9 Å². The molecule has 0 saturated carbocycles. The number of nitrogens with zero attached hydrogens (tertiary/aromatic N) is 7. The standard InChI is InChI=1S/C54H65N11O8/c1-33(70-3)47(60-53(68)72-5)51(66)63-28-10-12-44(63)49-56-31-40(58-49)35-14-18-37(19-15-35)42-23-24-43(65(42)39-22-25-46(55-30-39)62-26-8-7-9-27-62)38-20-16-36(17-21-38)41-32-57-50(59-41)45-13-11-29-64(45)52(67)48(34(2)71-4)61-54(69)73-6/h14-25,30-34,44-45,47-48H,7-13,26-29H2,1-6H3,(H,56,58)(H,57,59)(H,60,68)(H,61,69)/t33-,34-,44+,45+,47+,48+/m1/s1. The summed E-state index contributed by atoms with van der Waals surface area (Å²) in [5.41, 5.74) is 8.43. The van der Waals surface area contributed by atoms with Crippen LogP contribution in [0, 0.1) is 0 Å². The second-order valence-electron chi connectivity index (χ2n) is 18.9. The van der Waals surface area contributed by atoms with Gasteiger partial charge in [-0.1, -0.05) is 48.5 Å². The number of amides is 4. The molecule has 3 aliphatic rings. The fourth-order valence-corrected chi connectivity index (χ4v) is 10.3. The van der Waals surface area contributed by atoms with Crippen molar-refractivity contribution in [2.75, 3.05) is 59.5 Å². The van der Waals surface area contributed by atoms with Crippen molar-refractivity contribution in [3.63, 3.8) is 0 Å². The largest absolute Gasteiger partial charge is 0.453 e. The molecule has 3 aliphatic heterocycles. The molecule has 4 amide bonds. The lowest BCUT2D eigenvalue weighted by Crippen LogP contribution is -2.54. The number of likely N-dealkylation sites (tertiary alicyclic amines) is 2. The van der Waals surface area contributed by atoms with Crippen LogP contribution in [-0.4, -0.2) is 142 Å². The monoisotopic (exact) mass is 996 g/mol. The highest BCUT2D eigenvalue weighted by molar-refractivity contribution is 5.88. The number of rotatable bonds is 16. The molecule has 2 aromatic carbocycles. The minimum Gasteiger partial charge on any atom is -0.453 e. The van der Waals surface area contributed by atoms with Gasteiger partial charge >= 0.3 is 12.2 Å². The first-order chi connectivity index (χ1) is 35.5. The number of H-pyrrole nitrogens is 2. The van der Waals surface area contributed by atoms with Gasteiger partial charge in [0.25, 0.3) is 0 Å². The maximum absolute atomic E-state index is 13.8. The summed E-state index contributed by atoms with van der Waals surface area (Å²) in [7, 11) is 5.53. The van der Waals surface area contributed by atoms with E-state index in [1.807, 2.05) is 6.20 Å². The minimum atomic E-state index is -0.918. The van der Waals surface area contributed by atoms with Crippen LogP contribution in [-0.2, 0) is 28.5 Å². The van der Waals surface area contributed by atoms with Gasteiger partial charge in [-0.2, -0.15) is 0 Å². The van der Waals surface area contributed by atoms with E-state index in [0.29, 0.717) is 24.7 Å². The fraction of sp³-hybridized carbons (Fsp3) is 0.426.